The predicted molar refractivity (Wildman–Crippen MR) is 71.4 cm³/mol. The van der Waals surface area contributed by atoms with Crippen molar-refractivity contribution in [1.82, 2.24) is 14.8 Å². The summed E-state index contributed by atoms with van der Waals surface area (Å²) >= 11 is 0. The number of halogens is 2. The van der Waals surface area contributed by atoms with Crippen molar-refractivity contribution < 1.29 is 18.3 Å². The Kier molecular flexibility index (Phi) is 4.97. The van der Waals surface area contributed by atoms with Crippen molar-refractivity contribution in [1.29, 1.82) is 0 Å². The van der Waals surface area contributed by atoms with E-state index in [1.165, 1.54) is 30.6 Å². The van der Waals surface area contributed by atoms with Crippen LogP contribution in [0.5, 0.6) is 5.75 Å². The largest absolute Gasteiger partial charge is 0.435 e. The molecule has 2 aromatic rings. The van der Waals surface area contributed by atoms with Crippen LogP contribution in [0.2, 0.25) is 0 Å². The summed E-state index contributed by atoms with van der Waals surface area (Å²) in [5.41, 5.74) is 0.419. The maximum absolute atomic E-state index is 12.1. The van der Waals surface area contributed by atoms with E-state index in [-0.39, 0.29) is 18.0 Å². The van der Waals surface area contributed by atoms with Gasteiger partial charge in [0.05, 0.1) is 6.42 Å². The second-order valence-corrected chi connectivity index (χ2v) is 4.40. The van der Waals surface area contributed by atoms with Gasteiger partial charge in [-0.25, -0.2) is 9.67 Å². The molecule has 2 rings (SSSR count). The van der Waals surface area contributed by atoms with Crippen molar-refractivity contribution in [3.8, 4) is 5.75 Å². The lowest BCUT2D eigenvalue weighted by Gasteiger charge is -2.06. The highest BCUT2D eigenvalue weighted by Crippen LogP contribution is 2.16. The van der Waals surface area contributed by atoms with Gasteiger partial charge in [0.2, 0.25) is 0 Å². The van der Waals surface area contributed by atoms with Crippen LogP contribution < -0.4 is 4.74 Å². The highest BCUT2D eigenvalue weighted by molar-refractivity contribution is 5.97. The molecule has 21 heavy (non-hydrogen) atoms. The highest BCUT2D eigenvalue weighted by atomic mass is 19.3. The molecule has 1 heterocycles. The minimum Gasteiger partial charge on any atom is -0.435 e. The van der Waals surface area contributed by atoms with E-state index in [2.05, 4.69) is 14.8 Å². The highest BCUT2D eigenvalue weighted by Gasteiger charge is 2.12. The zero-order valence-corrected chi connectivity index (χ0v) is 11.5. The van der Waals surface area contributed by atoms with Crippen LogP contribution in [-0.4, -0.2) is 27.2 Å². The molecule has 5 nitrogen and oxygen atoms in total. The van der Waals surface area contributed by atoms with Crippen molar-refractivity contribution in [3.05, 3.63) is 42.0 Å². The van der Waals surface area contributed by atoms with Crippen LogP contribution >= 0.6 is 0 Å². The zero-order valence-electron chi connectivity index (χ0n) is 11.5. The molecule has 0 fully saturated rings. The van der Waals surface area contributed by atoms with E-state index in [1.54, 1.807) is 4.68 Å². The fraction of sp³-hybridized carbons (Fsp3) is 0.357. The molecule has 7 heteroatoms. The summed E-state index contributed by atoms with van der Waals surface area (Å²) < 4.78 is 30.0. The first-order chi connectivity index (χ1) is 10.1. The fourth-order valence-electron chi connectivity index (χ4n) is 1.89. The van der Waals surface area contributed by atoms with Crippen LogP contribution in [-0.2, 0) is 13.0 Å². The molecule has 1 aromatic carbocycles. The number of rotatable bonds is 7. The van der Waals surface area contributed by atoms with Gasteiger partial charge < -0.3 is 4.74 Å². The number of benzene rings is 1. The zero-order chi connectivity index (χ0) is 15.2. The Morgan fingerprint density at radius 3 is 2.67 bits per heavy atom. The molecule has 0 saturated carbocycles. The number of alkyl halides is 2. The molecule has 0 N–H and O–H groups in total. The van der Waals surface area contributed by atoms with Gasteiger partial charge in [0.1, 0.15) is 17.9 Å². The molecule has 0 atom stereocenters. The van der Waals surface area contributed by atoms with Gasteiger partial charge in [0, 0.05) is 12.1 Å². The Labute approximate surface area is 120 Å². The topological polar surface area (TPSA) is 57.0 Å². The molecule has 1 aromatic heterocycles. The maximum Gasteiger partial charge on any atom is 0.387 e. The first-order valence-electron chi connectivity index (χ1n) is 6.55. The van der Waals surface area contributed by atoms with Gasteiger partial charge in [-0.05, 0) is 30.7 Å². The van der Waals surface area contributed by atoms with E-state index in [0.29, 0.717) is 17.9 Å². The number of aryl methyl sites for hydroxylation is 1. The Balaban J connectivity index is 2.04. The third-order valence-corrected chi connectivity index (χ3v) is 2.85. The number of nitrogens with zero attached hydrogens (tertiary/aromatic N) is 3. The molecule has 0 aliphatic carbocycles. The Morgan fingerprint density at radius 2 is 2.05 bits per heavy atom. The minimum atomic E-state index is -2.88. The van der Waals surface area contributed by atoms with Crippen LogP contribution in [0.25, 0.3) is 0 Å². The minimum absolute atomic E-state index is 0.0238. The quantitative estimate of drug-likeness (QED) is 0.737. The molecule has 0 aliphatic rings. The number of carbonyl (C=O) groups is 1. The lowest BCUT2D eigenvalue weighted by atomic mass is 10.1. The van der Waals surface area contributed by atoms with Crippen molar-refractivity contribution in [2.75, 3.05) is 0 Å². The van der Waals surface area contributed by atoms with E-state index < -0.39 is 6.61 Å². The Morgan fingerprint density at radius 1 is 1.33 bits per heavy atom. The van der Waals surface area contributed by atoms with Gasteiger partial charge in [-0.2, -0.15) is 13.9 Å². The SMILES string of the molecule is CCCn1ncnc1CC(=O)c1ccc(OC(F)F)cc1. The lowest BCUT2D eigenvalue weighted by molar-refractivity contribution is -0.0498. The van der Waals surface area contributed by atoms with Crippen LogP contribution in [0.15, 0.2) is 30.6 Å². The van der Waals surface area contributed by atoms with Gasteiger partial charge in [0.25, 0.3) is 0 Å². The number of hydrogen-bond acceptors (Lipinski definition) is 4. The second-order valence-electron chi connectivity index (χ2n) is 4.40. The van der Waals surface area contributed by atoms with Crippen LogP contribution in [0.3, 0.4) is 0 Å². The lowest BCUT2D eigenvalue weighted by Crippen LogP contribution is -2.11. The summed E-state index contributed by atoms with van der Waals surface area (Å²) in [4.78, 5) is 16.2. The van der Waals surface area contributed by atoms with Crippen molar-refractivity contribution >= 4 is 5.78 Å². The van der Waals surface area contributed by atoms with Crippen LogP contribution in [0.4, 0.5) is 8.78 Å². The number of Topliss-reactive ketones (excluding diaryl/α,β-unsaturated/α-hetero) is 1. The summed E-state index contributed by atoms with van der Waals surface area (Å²) in [6.07, 6.45) is 2.43. The number of ketones is 1. The smallest absolute Gasteiger partial charge is 0.387 e. The summed E-state index contributed by atoms with van der Waals surface area (Å²) in [6.45, 7) is -0.169. The second kappa shape index (κ2) is 6.92. The number of hydrogen-bond donors (Lipinski definition) is 0. The summed E-state index contributed by atoms with van der Waals surface area (Å²) in [7, 11) is 0. The third kappa shape index (κ3) is 4.08. The van der Waals surface area contributed by atoms with Crippen molar-refractivity contribution in [2.24, 2.45) is 0 Å². The molecule has 0 aliphatic heterocycles. The predicted octanol–water partition coefficient (Wildman–Crippen LogP) is 2.71. The molecular formula is C14H15F2N3O2. The molecule has 0 radical (unpaired) electrons. The summed E-state index contributed by atoms with van der Waals surface area (Å²) in [5, 5.41) is 4.05. The van der Waals surface area contributed by atoms with E-state index in [1.807, 2.05) is 6.92 Å². The first kappa shape index (κ1) is 15.1. The molecule has 0 saturated heterocycles. The van der Waals surface area contributed by atoms with Crippen LogP contribution in [0.1, 0.15) is 29.5 Å². The van der Waals surface area contributed by atoms with Gasteiger partial charge in [-0.15, -0.1) is 0 Å². The van der Waals surface area contributed by atoms with E-state index >= 15 is 0 Å². The molecular weight excluding hydrogens is 280 g/mol. The van der Waals surface area contributed by atoms with E-state index in [4.69, 9.17) is 0 Å². The summed E-state index contributed by atoms with van der Waals surface area (Å²) in [5.74, 6) is 0.467. The molecule has 0 unspecified atom stereocenters. The molecule has 0 amide bonds. The number of ether oxygens (including phenoxy) is 1. The standard InChI is InChI=1S/C14H15F2N3O2/c1-2-7-19-13(17-9-18-19)8-12(20)10-3-5-11(6-4-10)21-14(15)16/h3-6,9,14H,2,7-8H2,1H3. The molecule has 112 valence electrons. The van der Waals surface area contributed by atoms with Gasteiger partial charge >= 0.3 is 6.61 Å². The Bertz CT molecular complexity index is 597. The van der Waals surface area contributed by atoms with Crippen LogP contribution in [0, 0.1) is 0 Å². The van der Waals surface area contributed by atoms with E-state index in [0.717, 1.165) is 6.42 Å². The molecule has 0 spiro atoms. The van der Waals surface area contributed by atoms with E-state index in [9.17, 15) is 13.6 Å². The fourth-order valence-corrected chi connectivity index (χ4v) is 1.89. The average molecular weight is 295 g/mol. The molecule has 0 bridgehead atoms. The normalized spacial score (nSPS) is 10.9. The maximum atomic E-state index is 12.1. The average Bonchev–Trinajstić information content (AvgIpc) is 2.86. The number of aromatic nitrogens is 3. The monoisotopic (exact) mass is 295 g/mol. The van der Waals surface area contributed by atoms with Gasteiger partial charge in [0.15, 0.2) is 5.78 Å². The van der Waals surface area contributed by atoms with Gasteiger partial charge in [-0.3, -0.25) is 4.79 Å². The van der Waals surface area contributed by atoms with Crippen molar-refractivity contribution in [2.45, 2.75) is 32.9 Å². The first-order valence-corrected chi connectivity index (χ1v) is 6.55. The third-order valence-electron chi connectivity index (χ3n) is 2.85. The van der Waals surface area contributed by atoms with Crippen molar-refractivity contribution in [3.63, 3.8) is 0 Å². The summed E-state index contributed by atoms with van der Waals surface area (Å²) in [6, 6.07) is 5.60. The Hall–Kier alpha value is -2.31. The number of carbonyl (C=O) groups excluding carboxylic acids is 1. The van der Waals surface area contributed by atoms with Gasteiger partial charge in [-0.1, -0.05) is 6.92 Å².